The molecule has 3 aromatic rings. The largest absolute Gasteiger partial charge is 0.339 e. The second kappa shape index (κ2) is 10.9. The van der Waals surface area contributed by atoms with Gasteiger partial charge in [0, 0.05) is 42.2 Å². The van der Waals surface area contributed by atoms with Crippen molar-refractivity contribution in [2.24, 2.45) is 5.92 Å². The van der Waals surface area contributed by atoms with E-state index >= 15 is 0 Å². The Morgan fingerprint density at radius 1 is 0.886 bits per heavy atom. The van der Waals surface area contributed by atoms with Gasteiger partial charge in [-0.25, -0.2) is 0 Å². The first-order chi connectivity index (χ1) is 16.9. The summed E-state index contributed by atoms with van der Waals surface area (Å²) < 4.78 is 2.01. The fourth-order valence-corrected chi connectivity index (χ4v) is 4.45. The van der Waals surface area contributed by atoms with Gasteiger partial charge in [0.25, 0.3) is 5.91 Å². The zero-order valence-corrected chi connectivity index (χ0v) is 20.0. The average molecular weight is 471 g/mol. The van der Waals surface area contributed by atoms with E-state index in [2.05, 4.69) is 10.9 Å². The molecule has 1 aliphatic heterocycles. The maximum atomic E-state index is 12.8. The van der Waals surface area contributed by atoms with Crippen molar-refractivity contribution in [1.29, 1.82) is 0 Å². The molecule has 0 bridgehead atoms. The molecule has 1 fully saturated rings. The van der Waals surface area contributed by atoms with E-state index in [1.165, 1.54) is 0 Å². The minimum absolute atomic E-state index is 0.0604. The Kier molecular flexibility index (Phi) is 7.45. The van der Waals surface area contributed by atoms with Crippen molar-refractivity contribution in [3.63, 3.8) is 0 Å². The number of amides is 3. The number of aryl methyl sites for hydroxylation is 1. The van der Waals surface area contributed by atoms with Crippen LogP contribution in [0.2, 0.25) is 0 Å². The third-order valence-corrected chi connectivity index (χ3v) is 6.38. The molecule has 2 aromatic carbocycles. The summed E-state index contributed by atoms with van der Waals surface area (Å²) in [7, 11) is 0. The molecule has 7 heteroatoms. The first-order valence-corrected chi connectivity index (χ1v) is 11.8. The molecule has 7 nitrogen and oxygen atoms in total. The van der Waals surface area contributed by atoms with Crippen LogP contribution in [0.25, 0.3) is 11.8 Å². The molecule has 0 radical (unpaired) electrons. The number of likely N-dealkylation sites (tertiary alicyclic amines) is 1. The fraction of sp³-hybridized carbons (Fsp3) is 0.250. The number of hydrogen-bond acceptors (Lipinski definition) is 3. The normalized spacial score (nSPS) is 14.2. The van der Waals surface area contributed by atoms with E-state index in [0.29, 0.717) is 31.5 Å². The van der Waals surface area contributed by atoms with E-state index < -0.39 is 0 Å². The van der Waals surface area contributed by atoms with Crippen LogP contribution in [0.4, 0.5) is 0 Å². The Bertz CT molecular complexity index is 1220. The van der Waals surface area contributed by atoms with Crippen LogP contribution in [0.5, 0.6) is 0 Å². The van der Waals surface area contributed by atoms with Crippen molar-refractivity contribution in [3.8, 4) is 5.69 Å². The van der Waals surface area contributed by atoms with E-state index in [9.17, 15) is 14.4 Å². The number of aromatic nitrogens is 1. The Morgan fingerprint density at radius 3 is 2.17 bits per heavy atom. The van der Waals surface area contributed by atoms with Crippen molar-refractivity contribution in [2.45, 2.75) is 26.7 Å². The van der Waals surface area contributed by atoms with Gasteiger partial charge in [0.2, 0.25) is 11.8 Å². The summed E-state index contributed by atoms with van der Waals surface area (Å²) in [5.41, 5.74) is 9.32. The van der Waals surface area contributed by atoms with Gasteiger partial charge < -0.3 is 9.47 Å². The minimum Gasteiger partial charge on any atom is -0.339 e. The molecule has 0 saturated carbocycles. The van der Waals surface area contributed by atoms with Crippen molar-refractivity contribution in [3.05, 3.63) is 95.3 Å². The lowest BCUT2D eigenvalue weighted by Crippen LogP contribution is -2.48. The van der Waals surface area contributed by atoms with Gasteiger partial charge in [-0.15, -0.1) is 0 Å². The highest BCUT2D eigenvalue weighted by Crippen LogP contribution is 2.21. The predicted octanol–water partition coefficient (Wildman–Crippen LogP) is 3.81. The van der Waals surface area contributed by atoms with Crippen LogP contribution < -0.4 is 10.9 Å². The van der Waals surface area contributed by atoms with E-state index in [1.807, 2.05) is 85.1 Å². The quantitative estimate of drug-likeness (QED) is 0.439. The van der Waals surface area contributed by atoms with Crippen LogP contribution in [-0.4, -0.2) is 40.3 Å². The van der Waals surface area contributed by atoms with E-state index in [4.69, 9.17) is 0 Å². The lowest BCUT2D eigenvalue weighted by molar-refractivity contribution is -0.132. The van der Waals surface area contributed by atoms with Crippen molar-refractivity contribution in [1.82, 2.24) is 20.3 Å². The molecule has 1 saturated heterocycles. The van der Waals surface area contributed by atoms with Crippen LogP contribution in [-0.2, 0) is 9.59 Å². The van der Waals surface area contributed by atoms with Gasteiger partial charge in [0.15, 0.2) is 0 Å². The Labute approximate surface area is 205 Å². The van der Waals surface area contributed by atoms with Gasteiger partial charge in [0.05, 0.1) is 5.56 Å². The summed E-state index contributed by atoms with van der Waals surface area (Å²) in [5, 5.41) is 0. The number of hydrogen-bond donors (Lipinski definition) is 2. The molecule has 2 heterocycles. The van der Waals surface area contributed by atoms with Crippen LogP contribution in [0.3, 0.4) is 0 Å². The highest BCUT2D eigenvalue weighted by atomic mass is 16.2. The minimum atomic E-state index is -0.354. The molecule has 1 aromatic heterocycles. The zero-order valence-electron chi connectivity index (χ0n) is 20.0. The number of nitrogens with one attached hydrogen (secondary N) is 2. The average Bonchev–Trinajstić information content (AvgIpc) is 3.20. The summed E-state index contributed by atoms with van der Waals surface area (Å²) >= 11 is 0. The number of benzene rings is 2. The molecule has 0 atom stereocenters. The number of hydrazine groups is 1. The van der Waals surface area contributed by atoms with E-state index in [1.54, 1.807) is 17.1 Å². The van der Waals surface area contributed by atoms with E-state index in [-0.39, 0.29) is 23.6 Å². The van der Waals surface area contributed by atoms with Gasteiger partial charge in [-0.05, 0) is 56.5 Å². The number of carbonyl (C=O) groups excluding carboxylic acids is 3. The third-order valence-electron chi connectivity index (χ3n) is 6.38. The van der Waals surface area contributed by atoms with Gasteiger partial charge in [-0.2, -0.15) is 0 Å². The SMILES string of the molecule is Cc1cc(C(=O)NNC(=O)C2CCN(C(=O)/C=C/c3ccccc3)CC2)c(C)n1-c1ccccc1. The van der Waals surface area contributed by atoms with Crippen molar-refractivity contribution in [2.75, 3.05) is 13.1 Å². The molecule has 180 valence electrons. The first kappa shape index (κ1) is 24.0. The van der Waals surface area contributed by atoms with Gasteiger partial charge in [-0.1, -0.05) is 48.5 Å². The highest BCUT2D eigenvalue weighted by Gasteiger charge is 2.27. The topological polar surface area (TPSA) is 83.4 Å². The number of piperidine rings is 1. The number of rotatable bonds is 5. The molecule has 4 rings (SSSR count). The lowest BCUT2D eigenvalue weighted by Gasteiger charge is -2.30. The molecular formula is C28H30N4O3. The molecule has 0 spiro atoms. The van der Waals surface area contributed by atoms with Crippen molar-refractivity contribution >= 4 is 23.8 Å². The van der Waals surface area contributed by atoms with E-state index in [0.717, 1.165) is 22.6 Å². The monoisotopic (exact) mass is 470 g/mol. The third kappa shape index (κ3) is 5.69. The van der Waals surface area contributed by atoms with Gasteiger partial charge in [-0.3, -0.25) is 25.2 Å². The van der Waals surface area contributed by atoms with Crippen molar-refractivity contribution < 1.29 is 14.4 Å². The highest BCUT2D eigenvalue weighted by molar-refractivity contribution is 5.97. The van der Waals surface area contributed by atoms with Crippen LogP contribution in [0.15, 0.2) is 72.8 Å². The van der Waals surface area contributed by atoms with Gasteiger partial charge in [0.1, 0.15) is 0 Å². The summed E-state index contributed by atoms with van der Waals surface area (Å²) in [5.74, 6) is -0.904. The summed E-state index contributed by atoms with van der Waals surface area (Å²) in [6, 6.07) is 21.3. The standard InChI is InChI=1S/C28H30N4O3/c1-20-19-25(21(2)32(20)24-11-7-4-8-12-24)28(35)30-29-27(34)23-15-17-31(18-16-23)26(33)14-13-22-9-5-3-6-10-22/h3-14,19,23H,15-18H2,1-2H3,(H,29,34)(H,30,35)/b14-13+. The smallest absolute Gasteiger partial charge is 0.271 e. The second-order valence-electron chi connectivity index (χ2n) is 8.74. The van der Waals surface area contributed by atoms with Crippen LogP contribution in [0.1, 0.15) is 40.2 Å². The molecule has 35 heavy (non-hydrogen) atoms. The molecule has 3 amide bonds. The second-order valence-corrected chi connectivity index (χ2v) is 8.74. The summed E-state index contributed by atoms with van der Waals surface area (Å²) in [4.78, 5) is 39.6. The Hall–Kier alpha value is -4.13. The lowest BCUT2D eigenvalue weighted by atomic mass is 9.96. The number of nitrogens with zero attached hydrogens (tertiary/aromatic N) is 2. The van der Waals surface area contributed by atoms with Crippen LogP contribution >= 0.6 is 0 Å². The predicted molar refractivity (Wildman–Crippen MR) is 136 cm³/mol. The van der Waals surface area contributed by atoms with Crippen LogP contribution in [0, 0.1) is 19.8 Å². The maximum absolute atomic E-state index is 12.8. The van der Waals surface area contributed by atoms with Gasteiger partial charge >= 0.3 is 0 Å². The molecule has 2 N–H and O–H groups in total. The zero-order chi connectivity index (χ0) is 24.8. The fourth-order valence-electron chi connectivity index (χ4n) is 4.45. The maximum Gasteiger partial charge on any atom is 0.271 e. The number of para-hydroxylation sites is 1. The molecule has 0 unspecified atom stereocenters. The Balaban J connectivity index is 1.28. The first-order valence-electron chi connectivity index (χ1n) is 11.8. The number of carbonyl (C=O) groups is 3. The Morgan fingerprint density at radius 2 is 1.51 bits per heavy atom. The summed E-state index contributed by atoms with van der Waals surface area (Å²) in [6.07, 6.45) is 4.47. The summed E-state index contributed by atoms with van der Waals surface area (Å²) in [6.45, 7) is 4.83. The molecule has 1 aliphatic rings. The molecule has 0 aliphatic carbocycles. The molecular weight excluding hydrogens is 440 g/mol.